The van der Waals surface area contributed by atoms with Crippen LogP contribution in [0.3, 0.4) is 0 Å². The number of cyclic esters (lactones) is 1. The third-order valence-electron chi connectivity index (χ3n) is 5.03. The molecule has 1 atom stereocenters. The van der Waals surface area contributed by atoms with Crippen molar-refractivity contribution in [3.63, 3.8) is 0 Å². The molecule has 0 aliphatic carbocycles. The van der Waals surface area contributed by atoms with Crippen LogP contribution in [0.15, 0.2) is 23.4 Å². The number of anilines is 1. The molecule has 3 heterocycles. The molecule has 0 fully saturated rings. The minimum Gasteiger partial charge on any atom is -0.493 e. The number of hydrogen-bond acceptors (Lipinski definition) is 10. The van der Waals surface area contributed by atoms with Gasteiger partial charge in [-0.25, -0.2) is 4.79 Å². The smallest absolute Gasteiger partial charge is 0.337 e. The van der Waals surface area contributed by atoms with Gasteiger partial charge in [0.25, 0.3) is 0 Å². The minimum absolute atomic E-state index is 0.114. The summed E-state index contributed by atoms with van der Waals surface area (Å²) in [5.74, 6) is 1.08. The summed E-state index contributed by atoms with van der Waals surface area (Å²) in [6, 6.07) is 3.69. The van der Waals surface area contributed by atoms with E-state index in [-0.39, 0.29) is 18.5 Å². The first-order valence-electron chi connectivity index (χ1n) is 9.03. The van der Waals surface area contributed by atoms with Crippen LogP contribution in [0.25, 0.3) is 0 Å². The van der Waals surface area contributed by atoms with Gasteiger partial charge in [0.1, 0.15) is 12.4 Å². The van der Waals surface area contributed by atoms with E-state index in [2.05, 4.69) is 15.3 Å². The van der Waals surface area contributed by atoms with Crippen molar-refractivity contribution in [2.75, 3.05) is 47.5 Å². The second kappa shape index (κ2) is 7.62. The van der Waals surface area contributed by atoms with Crippen LogP contribution >= 0.6 is 0 Å². The Labute approximate surface area is 172 Å². The standard InChI is InChI=1S/C20H21N3O7/c1-25-11-6-9(7-12(26-2)16(11)27-3)13-14-10(8-30-19(14)24)21-17-15(13)18(28-4)23-20(22-17)29-5/h6-7,13H,8H2,1-5H3,(H,21,22,23). The highest BCUT2D eigenvalue weighted by Crippen LogP contribution is 2.50. The topological polar surface area (TPSA) is 110 Å². The number of benzene rings is 1. The van der Waals surface area contributed by atoms with Crippen LogP contribution in [0, 0.1) is 0 Å². The molecule has 158 valence electrons. The van der Waals surface area contributed by atoms with E-state index in [0.29, 0.717) is 45.5 Å². The van der Waals surface area contributed by atoms with Crippen LogP contribution in [0.2, 0.25) is 0 Å². The van der Waals surface area contributed by atoms with Gasteiger partial charge < -0.3 is 33.7 Å². The fourth-order valence-electron chi connectivity index (χ4n) is 3.73. The summed E-state index contributed by atoms with van der Waals surface area (Å²) in [6.45, 7) is 0.114. The van der Waals surface area contributed by atoms with Crippen molar-refractivity contribution >= 4 is 11.8 Å². The Kier molecular flexibility index (Phi) is 4.98. The van der Waals surface area contributed by atoms with E-state index in [1.54, 1.807) is 12.1 Å². The van der Waals surface area contributed by atoms with E-state index in [9.17, 15) is 4.79 Å². The molecule has 1 N–H and O–H groups in total. The summed E-state index contributed by atoms with van der Waals surface area (Å²) in [6.07, 6.45) is 0. The lowest BCUT2D eigenvalue weighted by atomic mass is 9.82. The maximum atomic E-state index is 12.6. The lowest BCUT2D eigenvalue weighted by Gasteiger charge is -2.28. The van der Waals surface area contributed by atoms with Gasteiger partial charge in [-0.15, -0.1) is 0 Å². The average Bonchev–Trinajstić information content (AvgIpc) is 3.15. The monoisotopic (exact) mass is 415 g/mol. The number of carbonyl (C=O) groups is 1. The number of ether oxygens (including phenoxy) is 6. The number of methoxy groups -OCH3 is 5. The first-order valence-corrected chi connectivity index (χ1v) is 9.03. The number of carbonyl (C=O) groups excluding carboxylic acids is 1. The number of esters is 1. The van der Waals surface area contributed by atoms with Gasteiger partial charge in [-0.1, -0.05) is 0 Å². The van der Waals surface area contributed by atoms with Crippen molar-refractivity contribution in [2.45, 2.75) is 5.92 Å². The molecule has 1 aromatic carbocycles. The quantitative estimate of drug-likeness (QED) is 0.702. The van der Waals surface area contributed by atoms with E-state index < -0.39 is 11.9 Å². The molecular formula is C20H21N3O7. The normalized spacial score (nSPS) is 16.8. The second-order valence-corrected chi connectivity index (χ2v) is 6.47. The Morgan fingerprint density at radius 3 is 2.23 bits per heavy atom. The molecule has 10 nitrogen and oxygen atoms in total. The van der Waals surface area contributed by atoms with Gasteiger partial charge >= 0.3 is 12.0 Å². The highest BCUT2D eigenvalue weighted by atomic mass is 16.5. The second-order valence-electron chi connectivity index (χ2n) is 6.47. The van der Waals surface area contributed by atoms with Crippen LogP contribution in [0.5, 0.6) is 29.1 Å². The summed E-state index contributed by atoms with van der Waals surface area (Å²) in [7, 11) is 7.54. The van der Waals surface area contributed by atoms with Crippen molar-refractivity contribution in [2.24, 2.45) is 0 Å². The van der Waals surface area contributed by atoms with Gasteiger partial charge in [0.15, 0.2) is 11.5 Å². The van der Waals surface area contributed by atoms with E-state index in [0.717, 1.165) is 0 Å². The van der Waals surface area contributed by atoms with Gasteiger partial charge in [-0.3, -0.25) is 0 Å². The molecule has 0 radical (unpaired) electrons. The zero-order chi connectivity index (χ0) is 21.4. The van der Waals surface area contributed by atoms with Crippen molar-refractivity contribution in [1.29, 1.82) is 0 Å². The van der Waals surface area contributed by atoms with Crippen LogP contribution in [0.1, 0.15) is 17.0 Å². The van der Waals surface area contributed by atoms with E-state index >= 15 is 0 Å². The maximum absolute atomic E-state index is 12.6. The summed E-state index contributed by atoms with van der Waals surface area (Å²) in [5, 5.41) is 3.15. The molecule has 10 heteroatoms. The van der Waals surface area contributed by atoms with Crippen molar-refractivity contribution in [1.82, 2.24) is 9.97 Å². The SMILES string of the molecule is COc1nc2c(c(OC)n1)C(c1cc(OC)c(OC)c(OC)c1)C1=C(COC1=O)N2. The van der Waals surface area contributed by atoms with E-state index in [1.165, 1.54) is 35.5 Å². The molecular weight excluding hydrogens is 394 g/mol. The largest absolute Gasteiger partial charge is 0.493 e. The molecule has 2 aliphatic rings. The zero-order valence-electron chi connectivity index (χ0n) is 17.2. The van der Waals surface area contributed by atoms with E-state index in [1.807, 2.05) is 0 Å². The maximum Gasteiger partial charge on any atom is 0.337 e. The molecule has 1 aromatic heterocycles. The molecule has 0 spiro atoms. The number of fused-ring (bicyclic) bond motifs is 1. The van der Waals surface area contributed by atoms with Gasteiger partial charge in [0.05, 0.1) is 58.3 Å². The Balaban J connectivity index is 2.00. The number of nitrogens with one attached hydrogen (secondary N) is 1. The van der Waals surface area contributed by atoms with Crippen molar-refractivity contribution in [3.8, 4) is 29.1 Å². The highest BCUT2D eigenvalue weighted by Gasteiger charge is 2.42. The Bertz CT molecular complexity index is 1030. The summed E-state index contributed by atoms with van der Waals surface area (Å²) < 4.78 is 32.4. The highest BCUT2D eigenvalue weighted by molar-refractivity contribution is 5.97. The molecule has 0 amide bonds. The Hall–Kier alpha value is -3.69. The number of hydrogen-bond donors (Lipinski definition) is 1. The molecule has 30 heavy (non-hydrogen) atoms. The third-order valence-corrected chi connectivity index (χ3v) is 5.03. The molecule has 0 saturated heterocycles. The predicted octanol–water partition coefficient (Wildman–Crippen LogP) is 1.89. The lowest BCUT2D eigenvalue weighted by molar-refractivity contribution is -0.136. The fraction of sp³-hybridized carbons (Fsp3) is 0.350. The average molecular weight is 415 g/mol. The van der Waals surface area contributed by atoms with Gasteiger partial charge in [-0.05, 0) is 17.7 Å². The van der Waals surface area contributed by atoms with Crippen molar-refractivity contribution < 1.29 is 33.2 Å². The molecule has 1 unspecified atom stereocenters. The summed E-state index contributed by atoms with van der Waals surface area (Å²) in [4.78, 5) is 21.4. The first kappa shape index (κ1) is 19.6. The zero-order valence-corrected chi connectivity index (χ0v) is 17.2. The fourth-order valence-corrected chi connectivity index (χ4v) is 3.73. The predicted molar refractivity (Wildman–Crippen MR) is 105 cm³/mol. The molecule has 4 rings (SSSR count). The minimum atomic E-state index is -0.583. The lowest BCUT2D eigenvalue weighted by Crippen LogP contribution is -2.22. The summed E-state index contributed by atoms with van der Waals surface area (Å²) >= 11 is 0. The van der Waals surface area contributed by atoms with Crippen molar-refractivity contribution in [3.05, 3.63) is 34.5 Å². The van der Waals surface area contributed by atoms with Crippen LogP contribution in [-0.2, 0) is 9.53 Å². The number of nitrogens with zero attached hydrogens (tertiary/aromatic N) is 2. The Morgan fingerprint density at radius 2 is 1.67 bits per heavy atom. The number of rotatable bonds is 6. The van der Waals surface area contributed by atoms with Gasteiger partial charge in [0.2, 0.25) is 11.6 Å². The third kappa shape index (κ3) is 2.92. The summed E-state index contributed by atoms with van der Waals surface area (Å²) in [5.41, 5.74) is 2.34. The number of aromatic nitrogens is 2. The van der Waals surface area contributed by atoms with Crippen LogP contribution in [0.4, 0.5) is 5.82 Å². The van der Waals surface area contributed by atoms with Crippen LogP contribution < -0.4 is 29.0 Å². The van der Waals surface area contributed by atoms with Crippen LogP contribution in [-0.4, -0.2) is 58.1 Å². The molecule has 0 bridgehead atoms. The van der Waals surface area contributed by atoms with Gasteiger partial charge in [0, 0.05) is 0 Å². The van der Waals surface area contributed by atoms with E-state index in [4.69, 9.17) is 28.4 Å². The first-order chi connectivity index (χ1) is 14.6. The molecule has 2 aromatic rings. The Morgan fingerprint density at radius 1 is 0.967 bits per heavy atom. The molecule has 0 saturated carbocycles. The van der Waals surface area contributed by atoms with Gasteiger partial charge in [-0.2, -0.15) is 9.97 Å². The molecule has 2 aliphatic heterocycles.